The molecule has 25 heavy (non-hydrogen) atoms. The molecule has 3 aliphatic rings. The van der Waals surface area contributed by atoms with E-state index in [0.717, 1.165) is 4.90 Å². The van der Waals surface area contributed by atoms with Crippen LogP contribution in [0, 0.1) is 0 Å². The number of carboxylic acid groups (broad SMARTS) is 1. The summed E-state index contributed by atoms with van der Waals surface area (Å²) in [5.74, 6) is -1.92. The number of aliphatic carboxylic acids is 1. The van der Waals surface area contributed by atoms with Gasteiger partial charge in [0.15, 0.2) is 0 Å². The van der Waals surface area contributed by atoms with Gasteiger partial charge in [-0.2, -0.15) is 0 Å². The summed E-state index contributed by atoms with van der Waals surface area (Å²) in [4.78, 5) is 38.2. The number of rotatable bonds is 2. The molecule has 7 heteroatoms. The molecule has 0 bridgehead atoms. The lowest BCUT2D eigenvalue weighted by Gasteiger charge is -2.39. The lowest BCUT2D eigenvalue weighted by molar-refractivity contribution is -0.136. The number of fused-ring (bicyclic) bond motifs is 2. The molecule has 0 spiro atoms. The Morgan fingerprint density at radius 1 is 1.00 bits per heavy atom. The lowest BCUT2D eigenvalue weighted by atomic mass is 10.1. The molecule has 0 fully saturated rings. The van der Waals surface area contributed by atoms with Gasteiger partial charge in [-0.3, -0.25) is 14.6 Å². The van der Waals surface area contributed by atoms with Gasteiger partial charge < -0.3 is 5.11 Å². The lowest BCUT2D eigenvalue weighted by Crippen LogP contribution is -2.47. The van der Waals surface area contributed by atoms with E-state index < -0.39 is 17.8 Å². The van der Waals surface area contributed by atoms with E-state index in [-0.39, 0.29) is 11.5 Å². The fourth-order valence-electron chi connectivity index (χ4n) is 3.03. The average Bonchev–Trinajstić information content (AvgIpc) is 2.77. The molecule has 0 aliphatic carbocycles. The number of nitrogens with zero attached hydrogens (tertiary/aromatic N) is 3. The number of carbonyl (C=O) groups is 3. The Balaban J connectivity index is 1.83. The van der Waals surface area contributed by atoms with E-state index in [1.54, 1.807) is 53.7 Å². The largest absolute Gasteiger partial charge is 0.477 e. The minimum atomic E-state index is -1.15. The zero-order valence-electron chi connectivity index (χ0n) is 13.0. The van der Waals surface area contributed by atoms with Crippen LogP contribution >= 0.6 is 0 Å². The fraction of sp³-hybridized carbons (Fsp3) is 0.0556. The summed E-state index contributed by atoms with van der Waals surface area (Å²) in [7, 11) is 0. The molecule has 1 aromatic carbocycles. The number of hydrogen-bond acceptors (Lipinski definition) is 5. The van der Waals surface area contributed by atoms with Gasteiger partial charge in [0.1, 0.15) is 11.5 Å². The van der Waals surface area contributed by atoms with Gasteiger partial charge in [-0.05, 0) is 30.4 Å². The van der Waals surface area contributed by atoms with Crippen LogP contribution in [0.3, 0.4) is 0 Å². The normalized spacial score (nSPS) is 18.6. The predicted molar refractivity (Wildman–Crippen MR) is 87.6 cm³/mol. The maximum Gasteiger partial charge on any atom is 0.354 e. The highest BCUT2D eigenvalue weighted by molar-refractivity contribution is 6.22. The highest BCUT2D eigenvalue weighted by Crippen LogP contribution is 2.32. The fourth-order valence-corrected chi connectivity index (χ4v) is 3.03. The maximum atomic E-state index is 12.8. The topological polar surface area (TPSA) is 81.2 Å². The standard InChI is InChI=1S/C18H13N3O4/c22-16-12-6-1-2-7-13(12)17(23)20(16)15-9-3-4-10-19-11-5-8-14(18(24)25)21(15)19/h1-9,11H,10H2,(H,24,25). The molecule has 0 atom stereocenters. The first-order valence-corrected chi connectivity index (χ1v) is 7.62. The molecular formula is C18H13N3O4. The number of benzene rings is 1. The SMILES string of the molecule is O=C(O)C1=CC=CN2CC=CC=C(N3C(=O)c4ccccc4C3=O)N12. The van der Waals surface area contributed by atoms with E-state index in [1.165, 1.54) is 11.1 Å². The Bertz CT molecular complexity index is 891. The van der Waals surface area contributed by atoms with Crippen molar-refractivity contribution in [2.24, 2.45) is 0 Å². The Morgan fingerprint density at radius 3 is 2.32 bits per heavy atom. The molecule has 3 aliphatic heterocycles. The van der Waals surface area contributed by atoms with Crippen LogP contribution in [0.25, 0.3) is 0 Å². The molecule has 7 nitrogen and oxygen atoms in total. The Hall–Kier alpha value is -3.61. The summed E-state index contributed by atoms with van der Waals surface area (Å²) in [6, 6.07) is 6.55. The molecule has 0 radical (unpaired) electrons. The zero-order chi connectivity index (χ0) is 17.6. The number of hydrogen-bond donors (Lipinski definition) is 1. The van der Waals surface area contributed by atoms with Crippen LogP contribution in [0.5, 0.6) is 0 Å². The predicted octanol–water partition coefficient (Wildman–Crippen LogP) is 1.71. The summed E-state index contributed by atoms with van der Waals surface area (Å²) in [5, 5.41) is 12.5. The van der Waals surface area contributed by atoms with Crippen LogP contribution in [0.15, 0.2) is 72.4 Å². The molecule has 4 rings (SSSR count). The number of allylic oxidation sites excluding steroid dienone is 4. The molecule has 124 valence electrons. The number of hydrazine groups is 1. The second-order valence-electron chi connectivity index (χ2n) is 5.58. The van der Waals surface area contributed by atoms with Gasteiger partial charge in [0.2, 0.25) is 0 Å². The van der Waals surface area contributed by atoms with Crippen LogP contribution in [0.4, 0.5) is 0 Å². The zero-order valence-corrected chi connectivity index (χ0v) is 13.0. The van der Waals surface area contributed by atoms with Gasteiger partial charge in [0, 0.05) is 6.20 Å². The monoisotopic (exact) mass is 335 g/mol. The molecular weight excluding hydrogens is 322 g/mol. The van der Waals surface area contributed by atoms with E-state index in [0.29, 0.717) is 17.7 Å². The summed E-state index contributed by atoms with van der Waals surface area (Å²) in [6.07, 6.45) is 9.80. The molecule has 1 N–H and O–H groups in total. The van der Waals surface area contributed by atoms with Crippen LogP contribution in [0.2, 0.25) is 0 Å². The highest BCUT2D eigenvalue weighted by Gasteiger charge is 2.42. The van der Waals surface area contributed by atoms with E-state index in [1.807, 2.05) is 6.08 Å². The van der Waals surface area contributed by atoms with Crippen molar-refractivity contribution in [3.05, 3.63) is 83.5 Å². The molecule has 0 saturated heterocycles. The van der Waals surface area contributed by atoms with Crippen LogP contribution < -0.4 is 0 Å². The Labute approximate surface area is 143 Å². The van der Waals surface area contributed by atoms with Crippen molar-refractivity contribution >= 4 is 17.8 Å². The minimum absolute atomic E-state index is 0.0472. The third kappa shape index (κ3) is 2.17. The van der Waals surface area contributed by atoms with E-state index in [9.17, 15) is 19.5 Å². The Morgan fingerprint density at radius 2 is 1.68 bits per heavy atom. The van der Waals surface area contributed by atoms with Crippen molar-refractivity contribution in [1.82, 2.24) is 14.9 Å². The minimum Gasteiger partial charge on any atom is -0.477 e. The molecule has 0 unspecified atom stereocenters. The van der Waals surface area contributed by atoms with Crippen molar-refractivity contribution in [3.63, 3.8) is 0 Å². The van der Waals surface area contributed by atoms with Crippen LogP contribution in [0.1, 0.15) is 20.7 Å². The van der Waals surface area contributed by atoms with Crippen molar-refractivity contribution in [3.8, 4) is 0 Å². The molecule has 1 aromatic rings. The first-order chi connectivity index (χ1) is 12.1. The van der Waals surface area contributed by atoms with Crippen molar-refractivity contribution < 1.29 is 19.5 Å². The second kappa shape index (κ2) is 5.48. The van der Waals surface area contributed by atoms with Crippen molar-refractivity contribution in [2.45, 2.75) is 0 Å². The van der Waals surface area contributed by atoms with Crippen LogP contribution in [-0.4, -0.2) is 44.4 Å². The van der Waals surface area contributed by atoms with Gasteiger partial charge >= 0.3 is 5.97 Å². The van der Waals surface area contributed by atoms with Gasteiger partial charge in [-0.25, -0.2) is 14.7 Å². The summed E-state index contributed by atoms with van der Waals surface area (Å²) < 4.78 is 0. The number of carbonyl (C=O) groups excluding carboxylic acids is 2. The molecule has 2 amide bonds. The maximum absolute atomic E-state index is 12.8. The molecule has 0 saturated carbocycles. The van der Waals surface area contributed by atoms with Gasteiger partial charge in [-0.1, -0.05) is 24.3 Å². The van der Waals surface area contributed by atoms with Gasteiger partial charge in [0.05, 0.1) is 17.7 Å². The van der Waals surface area contributed by atoms with Gasteiger partial charge in [-0.15, -0.1) is 0 Å². The van der Waals surface area contributed by atoms with E-state index in [2.05, 4.69) is 0 Å². The number of imide groups is 1. The second-order valence-corrected chi connectivity index (χ2v) is 5.58. The highest BCUT2D eigenvalue weighted by atomic mass is 16.4. The number of carboxylic acids is 1. The van der Waals surface area contributed by atoms with E-state index >= 15 is 0 Å². The summed E-state index contributed by atoms with van der Waals surface area (Å²) >= 11 is 0. The van der Waals surface area contributed by atoms with Crippen molar-refractivity contribution in [2.75, 3.05) is 6.54 Å². The number of amides is 2. The van der Waals surface area contributed by atoms with Gasteiger partial charge in [0.25, 0.3) is 11.8 Å². The first-order valence-electron chi connectivity index (χ1n) is 7.62. The van der Waals surface area contributed by atoms with E-state index in [4.69, 9.17) is 0 Å². The quantitative estimate of drug-likeness (QED) is 0.829. The smallest absolute Gasteiger partial charge is 0.354 e. The molecule has 3 heterocycles. The molecule has 0 aromatic heterocycles. The summed E-state index contributed by atoms with van der Waals surface area (Å²) in [5.41, 5.74) is 0.567. The van der Waals surface area contributed by atoms with Crippen LogP contribution in [-0.2, 0) is 4.79 Å². The van der Waals surface area contributed by atoms with Crippen molar-refractivity contribution in [1.29, 1.82) is 0 Å². The third-order valence-corrected chi connectivity index (χ3v) is 4.13. The Kier molecular flexibility index (Phi) is 3.28. The summed E-state index contributed by atoms with van der Waals surface area (Å²) in [6.45, 7) is 0.407. The average molecular weight is 335 g/mol. The first kappa shape index (κ1) is 14.9. The third-order valence-electron chi connectivity index (χ3n) is 4.13.